The molecular weight excluding hydrogens is 346 g/mol. The smallest absolute Gasteiger partial charge is 0.309 e. The van der Waals surface area contributed by atoms with Gasteiger partial charge in [0.25, 0.3) is 5.91 Å². The van der Waals surface area contributed by atoms with E-state index in [1.165, 1.54) is 0 Å². The number of benzene rings is 1. The standard InChI is InChI=1S/C20H25N3O4/c1-4-27-20(25)14-8-10-23(11-9-14)19(24)18-13-17(21-22(18)2)15-6-5-7-16(12-15)26-3/h5-7,12-14H,4,8-11H2,1-3H3. The van der Waals surface area contributed by atoms with Crippen LogP contribution in [0.1, 0.15) is 30.3 Å². The number of aryl methyl sites for hydroxylation is 1. The van der Waals surface area contributed by atoms with Crippen LogP contribution in [0.4, 0.5) is 0 Å². The molecule has 0 saturated carbocycles. The minimum atomic E-state index is -0.162. The van der Waals surface area contributed by atoms with Crippen molar-refractivity contribution in [2.75, 3.05) is 26.8 Å². The van der Waals surface area contributed by atoms with Crippen molar-refractivity contribution in [3.05, 3.63) is 36.0 Å². The molecular formula is C20H25N3O4. The molecule has 2 heterocycles. The summed E-state index contributed by atoms with van der Waals surface area (Å²) in [7, 11) is 3.38. The van der Waals surface area contributed by atoms with Crippen LogP contribution >= 0.6 is 0 Å². The van der Waals surface area contributed by atoms with Gasteiger partial charge in [0.1, 0.15) is 11.4 Å². The number of ether oxygens (including phenoxy) is 2. The van der Waals surface area contributed by atoms with Crippen molar-refractivity contribution in [3.8, 4) is 17.0 Å². The molecule has 0 spiro atoms. The van der Waals surface area contributed by atoms with Gasteiger partial charge in [0.2, 0.25) is 0 Å². The molecule has 1 aromatic heterocycles. The summed E-state index contributed by atoms with van der Waals surface area (Å²) in [6, 6.07) is 9.39. The van der Waals surface area contributed by atoms with Crippen LogP contribution in [-0.4, -0.2) is 53.4 Å². The maximum atomic E-state index is 12.9. The molecule has 1 aliphatic rings. The van der Waals surface area contributed by atoms with Gasteiger partial charge in [-0.05, 0) is 38.0 Å². The van der Waals surface area contributed by atoms with Crippen LogP contribution in [0.3, 0.4) is 0 Å². The van der Waals surface area contributed by atoms with Crippen molar-refractivity contribution in [1.82, 2.24) is 14.7 Å². The van der Waals surface area contributed by atoms with Crippen LogP contribution in [-0.2, 0) is 16.6 Å². The van der Waals surface area contributed by atoms with Gasteiger partial charge >= 0.3 is 5.97 Å². The number of aromatic nitrogens is 2. The van der Waals surface area contributed by atoms with Crippen molar-refractivity contribution >= 4 is 11.9 Å². The normalized spacial score (nSPS) is 14.9. The predicted octanol–water partition coefficient (Wildman–Crippen LogP) is 2.51. The van der Waals surface area contributed by atoms with E-state index >= 15 is 0 Å². The van der Waals surface area contributed by atoms with E-state index in [1.54, 1.807) is 36.7 Å². The van der Waals surface area contributed by atoms with Crippen molar-refractivity contribution in [2.45, 2.75) is 19.8 Å². The zero-order valence-corrected chi connectivity index (χ0v) is 16.0. The maximum Gasteiger partial charge on any atom is 0.309 e. The number of carbonyl (C=O) groups excluding carboxylic acids is 2. The minimum absolute atomic E-state index is 0.0681. The average molecular weight is 371 g/mol. The summed E-state index contributed by atoms with van der Waals surface area (Å²) in [6.45, 7) is 3.28. The van der Waals surface area contributed by atoms with Gasteiger partial charge in [0.15, 0.2) is 0 Å². The summed E-state index contributed by atoms with van der Waals surface area (Å²) in [5.74, 6) is 0.395. The number of carbonyl (C=O) groups is 2. The van der Waals surface area contributed by atoms with Gasteiger partial charge in [-0.3, -0.25) is 14.3 Å². The molecule has 1 amide bonds. The number of hydrogen-bond donors (Lipinski definition) is 0. The average Bonchev–Trinajstić information content (AvgIpc) is 3.09. The van der Waals surface area contributed by atoms with Crippen LogP contribution in [0.15, 0.2) is 30.3 Å². The molecule has 3 rings (SSSR count). The maximum absolute atomic E-state index is 12.9. The predicted molar refractivity (Wildman–Crippen MR) is 100 cm³/mol. The third-order valence-electron chi connectivity index (χ3n) is 4.87. The second kappa shape index (κ2) is 8.24. The highest BCUT2D eigenvalue weighted by Gasteiger charge is 2.30. The molecule has 27 heavy (non-hydrogen) atoms. The summed E-state index contributed by atoms with van der Waals surface area (Å²) in [6.07, 6.45) is 1.26. The Kier molecular flexibility index (Phi) is 5.78. The highest BCUT2D eigenvalue weighted by Crippen LogP contribution is 2.25. The molecule has 1 aromatic carbocycles. The molecule has 1 fully saturated rings. The molecule has 0 aliphatic carbocycles. The summed E-state index contributed by atoms with van der Waals surface area (Å²) in [4.78, 5) is 26.6. The van der Waals surface area contributed by atoms with Crippen molar-refractivity contribution in [1.29, 1.82) is 0 Å². The molecule has 0 atom stereocenters. The second-order valence-corrected chi connectivity index (χ2v) is 6.59. The highest BCUT2D eigenvalue weighted by atomic mass is 16.5. The topological polar surface area (TPSA) is 73.7 Å². The number of amides is 1. The number of rotatable bonds is 5. The van der Waals surface area contributed by atoms with E-state index in [0.717, 1.165) is 17.0 Å². The SMILES string of the molecule is CCOC(=O)C1CCN(C(=O)c2cc(-c3cccc(OC)c3)nn2C)CC1. The molecule has 0 N–H and O–H groups in total. The molecule has 2 aromatic rings. The van der Waals surface area contributed by atoms with Gasteiger partial charge in [-0.1, -0.05) is 12.1 Å². The lowest BCUT2D eigenvalue weighted by Crippen LogP contribution is -2.41. The molecule has 7 heteroatoms. The first-order chi connectivity index (χ1) is 13.0. The number of likely N-dealkylation sites (tertiary alicyclic amines) is 1. The van der Waals surface area contributed by atoms with Crippen molar-refractivity contribution in [2.24, 2.45) is 13.0 Å². The Morgan fingerprint density at radius 1 is 1.22 bits per heavy atom. The first-order valence-electron chi connectivity index (χ1n) is 9.17. The summed E-state index contributed by atoms with van der Waals surface area (Å²) in [5, 5.41) is 4.48. The minimum Gasteiger partial charge on any atom is -0.497 e. The van der Waals surface area contributed by atoms with Crippen LogP contribution in [0.25, 0.3) is 11.3 Å². The van der Waals surface area contributed by atoms with E-state index in [4.69, 9.17) is 9.47 Å². The number of hydrogen-bond acceptors (Lipinski definition) is 5. The summed E-state index contributed by atoms with van der Waals surface area (Å²) < 4.78 is 11.9. The Bertz CT molecular complexity index is 822. The largest absolute Gasteiger partial charge is 0.497 e. The lowest BCUT2D eigenvalue weighted by Gasteiger charge is -2.30. The van der Waals surface area contributed by atoms with Crippen LogP contribution in [0.5, 0.6) is 5.75 Å². The van der Waals surface area contributed by atoms with E-state index in [0.29, 0.717) is 38.2 Å². The van der Waals surface area contributed by atoms with Gasteiger partial charge in [0.05, 0.1) is 25.3 Å². The molecule has 7 nitrogen and oxygen atoms in total. The Morgan fingerprint density at radius 3 is 2.63 bits per heavy atom. The number of piperidine rings is 1. The Morgan fingerprint density at radius 2 is 1.96 bits per heavy atom. The van der Waals surface area contributed by atoms with E-state index in [-0.39, 0.29) is 17.8 Å². The summed E-state index contributed by atoms with van der Waals surface area (Å²) >= 11 is 0. The lowest BCUT2D eigenvalue weighted by atomic mass is 9.97. The Hall–Kier alpha value is -2.83. The van der Waals surface area contributed by atoms with Gasteiger partial charge in [-0.25, -0.2) is 0 Å². The lowest BCUT2D eigenvalue weighted by molar-refractivity contribution is -0.149. The van der Waals surface area contributed by atoms with E-state index in [9.17, 15) is 9.59 Å². The van der Waals surface area contributed by atoms with E-state index in [2.05, 4.69) is 5.10 Å². The van der Waals surface area contributed by atoms with E-state index < -0.39 is 0 Å². The second-order valence-electron chi connectivity index (χ2n) is 6.59. The fourth-order valence-electron chi connectivity index (χ4n) is 3.33. The van der Waals surface area contributed by atoms with Gasteiger partial charge in [-0.15, -0.1) is 0 Å². The zero-order chi connectivity index (χ0) is 19.4. The molecule has 0 unspecified atom stereocenters. The van der Waals surface area contributed by atoms with Crippen LogP contribution in [0, 0.1) is 5.92 Å². The number of esters is 1. The van der Waals surface area contributed by atoms with Gasteiger partial charge in [-0.2, -0.15) is 5.10 Å². The van der Waals surface area contributed by atoms with Crippen LogP contribution < -0.4 is 4.74 Å². The fourth-order valence-corrected chi connectivity index (χ4v) is 3.33. The van der Waals surface area contributed by atoms with Crippen LogP contribution in [0.2, 0.25) is 0 Å². The first-order valence-corrected chi connectivity index (χ1v) is 9.17. The van der Waals surface area contributed by atoms with Gasteiger partial charge < -0.3 is 14.4 Å². The number of methoxy groups -OCH3 is 1. The molecule has 0 radical (unpaired) electrons. The van der Waals surface area contributed by atoms with Gasteiger partial charge in [0, 0.05) is 25.7 Å². The quantitative estimate of drug-likeness (QED) is 0.755. The number of nitrogens with zero attached hydrogens (tertiary/aromatic N) is 3. The van der Waals surface area contributed by atoms with Crippen molar-refractivity contribution < 1.29 is 19.1 Å². The first kappa shape index (κ1) is 18.9. The molecule has 1 aliphatic heterocycles. The molecule has 1 saturated heterocycles. The third-order valence-corrected chi connectivity index (χ3v) is 4.87. The van der Waals surface area contributed by atoms with E-state index in [1.807, 2.05) is 24.3 Å². The third kappa shape index (κ3) is 4.13. The summed E-state index contributed by atoms with van der Waals surface area (Å²) in [5.41, 5.74) is 2.15. The zero-order valence-electron chi connectivity index (χ0n) is 16.0. The Labute approximate surface area is 158 Å². The fraction of sp³-hybridized carbons (Fsp3) is 0.450. The Balaban J connectivity index is 1.71. The monoisotopic (exact) mass is 371 g/mol. The molecule has 144 valence electrons. The molecule has 0 bridgehead atoms. The highest BCUT2D eigenvalue weighted by molar-refractivity contribution is 5.94. The van der Waals surface area contributed by atoms with Crippen molar-refractivity contribution in [3.63, 3.8) is 0 Å².